The molecule has 0 aromatic heterocycles. The molecule has 0 radical (unpaired) electrons. The van der Waals surface area contributed by atoms with Gasteiger partial charge in [0, 0.05) is 31.2 Å². The second kappa shape index (κ2) is 7.84. The predicted octanol–water partition coefficient (Wildman–Crippen LogP) is 4.78. The maximum Gasteiger partial charge on any atom is 0.0376 e. The number of benzene rings is 1. The van der Waals surface area contributed by atoms with E-state index in [1.807, 2.05) is 0 Å². The third-order valence-corrected chi connectivity index (χ3v) is 4.66. The number of unbranched alkanes of at least 4 members (excludes halogenated alkanes) is 2. The molecule has 1 aromatic carbocycles. The normalized spacial score (nSPS) is 18.1. The average Bonchev–Trinajstić information content (AvgIpc) is 2.47. The number of hydrogen-bond acceptors (Lipinski definition) is 2. The number of nitrogens with one attached hydrogen (secondary N) is 2. The summed E-state index contributed by atoms with van der Waals surface area (Å²) in [6.07, 6.45) is 6.61. The lowest BCUT2D eigenvalue weighted by molar-refractivity contribution is 0.299. The topological polar surface area (TPSA) is 24.1 Å². The van der Waals surface area contributed by atoms with Crippen molar-refractivity contribution in [2.24, 2.45) is 5.41 Å². The zero-order chi connectivity index (χ0) is 15.1. The monoisotopic (exact) mass is 288 g/mol. The van der Waals surface area contributed by atoms with Crippen LogP contribution in [-0.4, -0.2) is 19.6 Å². The Kier molecular flexibility index (Phi) is 6.10. The van der Waals surface area contributed by atoms with Gasteiger partial charge in [-0.15, -0.1) is 0 Å². The van der Waals surface area contributed by atoms with Crippen molar-refractivity contribution in [1.82, 2.24) is 5.32 Å². The van der Waals surface area contributed by atoms with E-state index >= 15 is 0 Å². The first-order valence-electron chi connectivity index (χ1n) is 8.66. The van der Waals surface area contributed by atoms with E-state index in [2.05, 4.69) is 55.7 Å². The highest BCUT2D eigenvalue weighted by Gasteiger charge is 2.21. The van der Waals surface area contributed by atoms with Crippen molar-refractivity contribution in [2.75, 3.05) is 25.0 Å². The number of anilines is 1. The van der Waals surface area contributed by atoms with Crippen LogP contribution < -0.4 is 10.6 Å². The van der Waals surface area contributed by atoms with Crippen LogP contribution in [-0.2, 0) is 0 Å². The second-order valence-electron chi connectivity index (χ2n) is 7.25. The molecular formula is C19H32N2. The number of fused-ring (bicyclic) bond motifs is 1. The zero-order valence-electron chi connectivity index (χ0n) is 14.0. The molecule has 0 aliphatic carbocycles. The fraction of sp³-hybridized carbons (Fsp3) is 0.684. The largest absolute Gasteiger partial charge is 0.385 e. The molecule has 0 spiro atoms. The molecule has 118 valence electrons. The van der Waals surface area contributed by atoms with Gasteiger partial charge in [-0.05, 0) is 29.9 Å². The fourth-order valence-corrected chi connectivity index (χ4v) is 3.29. The third-order valence-electron chi connectivity index (χ3n) is 4.66. The van der Waals surface area contributed by atoms with Gasteiger partial charge in [0.25, 0.3) is 0 Å². The summed E-state index contributed by atoms with van der Waals surface area (Å²) in [4.78, 5) is 0. The van der Waals surface area contributed by atoms with Crippen LogP contribution in [0.25, 0.3) is 0 Å². The van der Waals surface area contributed by atoms with Gasteiger partial charge in [-0.25, -0.2) is 0 Å². The van der Waals surface area contributed by atoms with Crippen molar-refractivity contribution in [3.63, 3.8) is 0 Å². The Balaban J connectivity index is 1.79. The van der Waals surface area contributed by atoms with Crippen molar-refractivity contribution < 1.29 is 0 Å². The van der Waals surface area contributed by atoms with E-state index in [4.69, 9.17) is 0 Å². The molecule has 0 saturated heterocycles. The van der Waals surface area contributed by atoms with Crippen LogP contribution in [0.2, 0.25) is 0 Å². The highest BCUT2D eigenvalue weighted by molar-refractivity contribution is 5.54. The molecular weight excluding hydrogens is 256 g/mol. The number of rotatable bonds is 8. The van der Waals surface area contributed by atoms with E-state index in [0.29, 0.717) is 11.3 Å². The second-order valence-corrected chi connectivity index (χ2v) is 7.25. The molecule has 2 heteroatoms. The van der Waals surface area contributed by atoms with E-state index in [0.717, 1.165) is 19.6 Å². The van der Waals surface area contributed by atoms with E-state index in [-0.39, 0.29) is 0 Å². The van der Waals surface area contributed by atoms with Crippen LogP contribution in [0, 0.1) is 5.41 Å². The van der Waals surface area contributed by atoms with Crippen molar-refractivity contribution in [2.45, 2.75) is 58.8 Å². The minimum absolute atomic E-state index is 0.418. The number of para-hydroxylation sites is 1. The van der Waals surface area contributed by atoms with Crippen LogP contribution in [0.4, 0.5) is 5.69 Å². The van der Waals surface area contributed by atoms with Crippen molar-refractivity contribution in [1.29, 1.82) is 0 Å². The first-order valence-corrected chi connectivity index (χ1v) is 8.66. The maximum absolute atomic E-state index is 3.74. The molecule has 2 nitrogen and oxygen atoms in total. The Bertz CT molecular complexity index is 425. The summed E-state index contributed by atoms with van der Waals surface area (Å²) in [6, 6.07) is 8.77. The summed E-state index contributed by atoms with van der Waals surface area (Å²) in [5.41, 5.74) is 3.24. The molecule has 21 heavy (non-hydrogen) atoms. The number of hydrogen-bond donors (Lipinski definition) is 2. The van der Waals surface area contributed by atoms with Gasteiger partial charge in [-0.3, -0.25) is 0 Å². The van der Waals surface area contributed by atoms with Crippen molar-refractivity contribution in [3.8, 4) is 0 Å². The molecule has 1 heterocycles. The van der Waals surface area contributed by atoms with Crippen LogP contribution in [0.5, 0.6) is 0 Å². The van der Waals surface area contributed by atoms with Gasteiger partial charge in [-0.1, -0.05) is 58.2 Å². The lowest BCUT2D eigenvalue weighted by Crippen LogP contribution is -2.34. The predicted molar refractivity (Wildman–Crippen MR) is 93.1 cm³/mol. The first kappa shape index (κ1) is 16.4. The van der Waals surface area contributed by atoms with E-state index in [1.54, 1.807) is 0 Å². The van der Waals surface area contributed by atoms with E-state index < -0.39 is 0 Å². The summed E-state index contributed by atoms with van der Waals surface area (Å²) in [7, 11) is 0. The van der Waals surface area contributed by atoms with Gasteiger partial charge in [0.1, 0.15) is 0 Å². The van der Waals surface area contributed by atoms with Crippen molar-refractivity contribution in [3.05, 3.63) is 29.8 Å². The molecule has 1 aliphatic rings. The first-order chi connectivity index (χ1) is 10.1. The molecule has 1 atom stereocenters. The summed E-state index contributed by atoms with van der Waals surface area (Å²) >= 11 is 0. The lowest BCUT2D eigenvalue weighted by atomic mass is 9.86. The highest BCUT2D eigenvalue weighted by Crippen LogP contribution is 2.31. The van der Waals surface area contributed by atoms with Gasteiger partial charge in [0.2, 0.25) is 0 Å². The standard InChI is InChI=1S/C19H32N2/c1-4-5-8-12-19(2,3)15-20-14-16-11-13-21-18-10-7-6-9-17(16)18/h6-7,9-10,16,20-21H,4-5,8,11-15H2,1-3H3. The summed E-state index contributed by atoms with van der Waals surface area (Å²) in [6.45, 7) is 10.4. The Morgan fingerprint density at radius 2 is 2.05 bits per heavy atom. The highest BCUT2D eigenvalue weighted by atomic mass is 14.9. The zero-order valence-corrected chi connectivity index (χ0v) is 14.0. The maximum atomic E-state index is 3.74. The van der Waals surface area contributed by atoms with Crippen LogP contribution in [0.1, 0.15) is 64.4 Å². The molecule has 0 saturated carbocycles. The molecule has 1 unspecified atom stereocenters. The molecule has 0 bridgehead atoms. The Labute approximate surface area is 130 Å². The lowest BCUT2D eigenvalue weighted by Gasteiger charge is -2.30. The minimum Gasteiger partial charge on any atom is -0.385 e. The molecule has 2 N–H and O–H groups in total. The molecule has 0 fully saturated rings. The Hall–Kier alpha value is -1.02. The summed E-state index contributed by atoms with van der Waals surface area (Å²) < 4.78 is 0. The van der Waals surface area contributed by atoms with Crippen molar-refractivity contribution >= 4 is 5.69 Å². The van der Waals surface area contributed by atoms with Gasteiger partial charge < -0.3 is 10.6 Å². The van der Waals surface area contributed by atoms with E-state index in [9.17, 15) is 0 Å². The SMILES string of the molecule is CCCCCC(C)(C)CNCC1CCNc2ccccc21. The average molecular weight is 288 g/mol. The van der Waals surface area contributed by atoms with Gasteiger partial charge >= 0.3 is 0 Å². The van der Waals surface area contributed by atoms with Crippen LogP contribution >= 0.6 is 0 Å². The van der Waals surface area contributed by atoms with Gasteiger partial charge in [0.05, 0.1) is 0 Å². The third kappa shape index (κ3) is 5.03. The molecule has 1 aromatic rings. The van der Waals surface area contributed by atoms with Gasteiger partial charge in [-0.2, -0.15) is 0 Å². The summed E-state index contributed by atoms with van der Waals surface area (Å²) in [5, 5.41) is 7.24. The Morgan fingerprint density at radius 1 is 1.24 bits per heavy atom. The van der Waals surface area contributed by atoms with E-state index in [1.165, 1.54) is 43.4 Å². The molecule has 2 rings (SSSR count). The van der Waals surface area contributed by atoms with Crippen LogP contribution in [0.3, 0.4) is 0 Å². The Morgan fingerprint density at radius 3 is 2.86 bits per heavy atom. The van der Waals surface area contributed by atoms with Crippen LogP contribution in [0.15, 0.2) is 24.3 Å². The minimum atomic E-state index is 0.418. The smallest absolute Gasteiger partial charge is 0.0376 e. The molecule has 1 aliphatic heterocycles. The van der Waals surface area contributed by atoms with Gasteiger partial charge in [0.15, 0.2) is 0 Å². The molecule has 0 amide bonds. The fourth-order valence-electron chi connectivity index (χ4n) is 3.29. The summed E-state index contributed by atoms with van der Waals surface area (Å²) in [5.74, 6) is 0.661. The quantitative estimate of drug-likeness (QED) is 0.673.